The lowest BCUT2D eigenvalue weighted by atomic mass is 10.1. The monoisotopic (exact) mass is 176 g/mol. The van der Waals surface area contributed by atoms with Crippen LogP contribution >= 0.6 is 0 Å². The van der Waals surface area contributed by atoms with Crippen molar-refractivity contribution in [2.75, 3.05) is 0 Å². The van der Waals surface area contributed by atoms with Crippen LogP contribution in [0.15, 0.2) is 23.2 Å². The van der Waals surface area contributed by atoms with Crippen LogP contribution in [0.4, 0.5) is 5.69 Å². The van der Waals surface area contributed by atoms with E-state index in [0.29, 0.717) is 5.84 Å². The summed E-state index contributed by atoms with van der Waals surface area (Å²) in [5, 5.41) is 0. The van der Waals surface area contributed by atoms with Gasteiger partial charge >= 0.3 is 0 Å². The molecule has 0 aliphatic rings. The molecule has 70 valence electrons. The van der Waals surface area contributed by atoms with Gasteiger partial charge in [-0.1, -0.05) is 13.0 Å². The Hall–Kier alpha value is -1.31. The highest BCUT2D eigenvalue weighted by Crippen LogP contribution is 2.17. The van der Waals surface area contributed by atoms with Crippen LogP contribution in [-0.2, 0) is 6.42 Å². The Bertz CT molecular complexity index is 323. The van der Waals surface area contributed by atoms with Crippen LogP contribution < -0.4 is 5.73 Å². The highest BCUT2D eigenvalue weighted by molar-refractivity contribution is 5.80. The second kappa shape index (κ2) is 4.08. The highest BCUT2D eigenvalue weighted by atomic mass is 14.8. The third kappa shape index (κ3) is 2.58. The van der Waals surface area contributed by atoms with Gasteiger partial charge < -0.3 is 5.73 Å². The molecule has 2 N–H and O–H groups in total. The van der Waals surface area contributed by atoms with Gasteiger partial charge in [-0.05, 0) is 43.5 Å². The van der Waals surface area contributed by atoms with E-state index in [1.54, 1.807) is 6.92 Å². The van der Waals surface area contributed by atoms with E-state index in [2.05, 4.69) is 31.0 Å². The molecule has 0 aliphatic carbocycles. The molecule has 0 amide bonds. The summed E-state index contributed by atoms with van der Waals surface area (Å²) in [7, 11) is 0. The maximum atomic E-state index is 5.50. The first kappa shape index (κ1) is 9.78. The Morgan fingerprint density at radius 1 is 1.46 bits per heavy atom. The maximum absolute atomic E-state index is 5.50. The molecule has 0 heterocycles. The summed E-state index contributed by atoms with van der Waals surface area (Å²) in [4.78, 5) is 4.19. The molecule has 0 spiro atoms. The van der Waals surface area contributed by atoms with E-state index in [4.69, 9.17) is 5.73 Å². The molecule has 2 heteroatoms. The highest BCUT2D eigenvalue weighted by Gasteiger charge is 1.96. The van der Waals surface area contributed by atoms with Gasteiger partial charge in [0.25, 0.3) is 0 Å². The minimum atomic E-state index is 0.601. The number of rotatable bonds is 2. The van der Waals surface area contributed by atoms with Crippen molar-refractivity contribution in [3.05, 3.63) is 29.3 Å². The number of benzene rings is 1. The predicted octanol–water partition coefficient (Wildman–Crippen LogP) is 2.57. The van der Waals surface area contributed by atoms with Gasteiger partial charge in [0.05, 0.1) is 11.5 Å². The number of nitrogens with two attached hydrogens (primary N) is 1. The van der Waals surface area contributed by atoms with E-state index >= 15 is 0 Å². The van der Waals surface area contributed by atoms with Crippen molar-refractivity contribution in [3.63, 3.8) is 0 Å². The van der Waals surface area contributed by atoms with Gasteiger partial charge in [0.15, 0.2) is 0 Å². The lowest BCUT2D eigenvalue weighted by Crippen LogP contribution is -2.03. The van der Waals surface area contributed by atoms with E-state index in [-0.39, 0.29) is 0 Å². The van der Waals surface area contributed by atoms with E-state index < -0.39 is 0 Å². The molecular formula is C11H16N2. The summed E-state index contributed by atoms with van der Waals surface area (Å²) in [6.45, 7) is 6.05. The molecular weight excluding hydrogens is 160 g/mol. The van der Waals surface area contributed by atoms with Crippen molar-refractivity contribution in [2.45, 2.75) is 27.2 Å². The van der Waals surface area contributed by atoms with E-state index in [1.807, 2.05) is 6.07 Å². The molecule has 13 heavy (non-hydrogen) atoms. The number of amidine groups is 1. The van der Waals surface area contributed by atoms with Crippen molar-refractivity contribution in [3.8, 4) is 0 Å². The van der Waals surface area contributed by atoms with Crippen LogP contribution in [-0.4, -0.2) is 5.84 Å². The van der Waals surface area contributed by atoms with Gasteiger partial charge in [-0.25, -0.2) is 4.99 Å². The Morgan fingerprint density at radius 2 is 2.15 bits per heavy atom. The van der Waals surface area contributed by atoms with Crippen molar-refractivity contribution >= 4 is 11.5 Å². The zero-order valence-electron chi connectivity index (χ0n) is 8.46. The molecule has 1 aromatic rings. The molecule has 0 fully saturated rings. The molecule has 2 nitrogen and oxygen atoms in total. The van der Waals surface area contributed by atoms with Gasteiger partial charge in [0, 0.05) is 0 Å². The van der Waals surface area contributed by atoms with Gasteiger partial charge in [-0.2, -0.15) is 0 Å². The second-order valence-corrected chi connectivity index (χ2v) is 3.22. The minimum Gasteiger partial charge on any atom is -0.387 e. The fraction of sp³-hybridized carbons (Fsp3) is 0.364. The summed E-state index contributed by atoms with van der Waals surface area (Å²) in [5.74, 6) is 0.601. The van der Waals surface area contributed by atoms with E-state index in [0.717, 1.165) is 12.1 Å². The molecule has 0 atom stereocenters. The molecule has 0 aromatic heterocycles. The summed E-state index contributed by atoms with van der Waals surface area (Å²) >= 11 is 0. The van der Waals surface area contributed by atoms with Crippen LogP contribution in [0.25, 0.3) is 0 Å². The minimum absolute atomic E-state index is 0.601. The number of aryl methyl sites for hydroxylation is 2. The average Bonchev–Trinajstić information content (AvgIpc) is 2.03. The normalized spacial score (nSPS) is 11.8. The first-order valence-electron chi connectivity index (χ1n) is 4.53. The fourth-order valence-electron chi connectivity index (χ4n) is 1.35. The van der Waals surface area contributed by atoms with Crippen LogP contribution in [0.1, 0.15) is 25.0 Å². The maximum Gasteiger partial charge on any atom is 0.0964 e. The third-order valence-corrected chi connectivity index (χ3v) is 2.01. The van der Waals surface area contributed by atoms with Gasteiger partial charge in [0.2, 0.25) is 0 Å². The summed E-state index contributed by atoms with van der Waals surface area (Å²) in [6.07, 6.45) is 1.07. The predicted molar refractivity (Wildman–Crippen MR) is 57.5 cm³/mol. The molecule has 1 aromatic carbocycles. The number of nitrogens with zero attached hydrogens (tertiary/aromatic N) is 1. The van der Waals surface area contributed by atoms with Crippen molar-refractivity contribution in [1.29, 1.82) is 0 Å². The Balaban J connectivity index is 3.03. The number of aliphatic imine (C=N–C) groups is 1. The molecule has 0 aliphatic heterocycles. The fourth-order valence-corrected chi connectivity index (χ4v) is 1.35. The average molecular weight is 176 g/mol. The van der Waals surface area contributed by atoms with Crippen LogP contribution in [0.5, 0.6) is 0 Å². The van der Waals surface area contributed by atoms with Gasteiger partial charge in [-0.3, -0.25) is 0 Å². The number of hydrogen-bond donors (Lipinski definition) is 1. The third-order valence-electron chi connectivity index (χ3n) is 2.01. The summed E-state index contributed by atoms with van der Waals surface area (Å²) in [5.41, 5.74) is 9.09. The first-order valence-corrected chi connectivity index (χ1v) is 4.53. The standard InChI is InChI=1S/C11H16N2/c1-4-10-5-6-11(7-8(10)2)13-9(3)12/h5-7H,4H2,1-3H3,(H2,12,13). The topological polar surface area (TPSA) is 38.4 Å². The Morgan fingerprint density at radius 3 is 2.62 bits per heavy atom. The van der Waals surface area contributed by atoms with Gasteiger partial charge in [0.1, 0.15) is 0 Å². The van der Waals surface area contributed by atoms with E-state index in [1.165, 1.54) is 11.1 Å². The van der Waals surface area contributed by atoms with Crippen molar-refractivity contribution < 1.29 is 0 Å². The van der Waals surface area contributed by atoms with Crippen LogP contribution in [0, 0.1) is 6.92 Å². The van der Waals surface area contributed by atoms with Crippen molar-refractivity contribution in [1.82, 2.24) is 0 Å². The Kier molecular flexibility index (Phi) is 3.07. The second-order valence-electron chi connectivity index (χ2n) is 3.22. The Labute approximate surface area is 79.5 Å². The lowest BCUT2D eigenvalue weighted by molar-refractivity contribution is 1.11. The smallest absolute Gasteiger partial charge is 0.0964 e. The number of hydrogen-bond acceptors (Lipinski definition) is 1. The quantitative estimate of drug-likeness (QED) is 0.546. The van der Waals surface area contributed by atoms with Gasteiger partial charge in [-0.15, -0.1) is 0 Å². The molecule has 0 bridgehead atoms. The first-order chi connectivity index (χ1) is 6.13. The lowest BCUT2D eigenvalue weighted by Gasteiger charge is -2.03. The zero-order valence-corrected chi connectivity index (χ0v) is 8.46. The van der Waals surface area contributed by atoms with Crippen molar-refractivity contribution in [2.24, 2.45) is 10.7 Å². The SMILES string of the molecule is CCc1ccc(N=C(C)N)cc1C. The van der Waals surface area contributed by atoms with E-state index in [9.17, 15) is 0 Å². The molecule has 0 radical (unpaired) electrons. The largest absolute Gasteiger partial charge is 0.387 e. The summed E-state index contributed by atoms with van der Waals surface area (Å²) < 4.78 is 0. The molecule has 0 unspecified atom stereocenters. The van der Waals surface area contributed by atoms with Crippen LogP contribution in [0.2, 0.25) is 0 Å². The molecule has 0 saturated heterocycles. The van der Waals surface area contributed by atoms with Crippen LogP contribution in [0.3, 0.4) is 0 Å². The molecule has 0 saturated carbocycles. The zero-order chi connectivity index (χ0) is 9.84. The molecule has 1 rings (SSSR count). The summed E-state index contributed by atoms with van der Waals surface area (Å²) in [6, 6.07) is 6.18.